The molecule has 0 unspecified atom stereocenters. The van der Waals surface area contributed by atoms with Crippen LogP contribution in [0.5, 0.6) is 0 Å². The van der Waals surface area contributed by atoms with Gasteiger partial charge in [0.1, 0.15) is 16.6 Å². The van der Waals surface area contributed by atoms with Crippen LogP contribution in [-0.4, -0.2) is 27.1 Å². The van der Waals surface area contributed by atoms with Gasteiger partial charge in [-0.05, 0) is 5.56 Å². The number of hydrogen-bond acceptors (Lipinski definition) is 6. The molecule has 4 rings (SSSR count). The molecular weight excluding hydrogens is 422 g/mol. The Balaban J connectivity index is 1.76. The fourth-order valence-corrected chi connectivity index (χ4v) is 4.04. The van der Waals surface area contributed by atoms with E-state index in [9.17, 15) is 9.59 Å². The summed E-state index contributed by atoms with van der Waals surface area (Å²) >= 11 is 1.10. The van der Waals surface area contributed by atoms with Gasteiger partial charge in [0, 0.05) is 11.1 Å². The number of aromatic nitrogens is 3. The number of nitrogens with zero attached hydrogens (tertiary/aromatic N) is 3. The van der Waals surface area contributed by atoms with Gasteiger partial charge in [-0.15, -0.1) is 10.2 Å². The summed E-state index contributed by atoms with van der Waals surface area (Å²) in [6, 6.07) is 27.5. The number of carbonyl (C=O) groups is 2. The largest absolute Gasteiger partial charge is 0.351 e. The molecule has 8 heteroatoms. The third kappa shape index (κ3) is 4.98. The fraction of sp³-hybridized carbons (Fsp3) is 0.0417. The number of thioether (sulfide) groups is 1. The molecule has 0 saturated heterocycles. The molecule has 3 amide bonds. The standard InChI is InChI=1S/C24H19N5O2S/c25-23(31)27-22(30)21(18-14-8-3-9-15-18)32-24-26-19(16-10-4-1-5-11-16)20(28-29-24)17-12-6-2-7-13-17/h1-15,21H,(H3,25,27,30,31)/t21-/m0/s1. The predicted octanol–water partition coefficient (Wildman–Crippen LogP) is 4.23. The van der Waals surface area contributed by atoms with E-state index in [0.29, 0.717) is 22.1 Å². The van der Waals surface area contributed by atoms with E-state index >= 15 is 0 Å². The van der Waals surface area contributed by atoms with E-state index in [1.165, 1.54) is 0 Å². The number of amides is 3. The Labute approximate surface area is 189 Å². The monoisotopic (exact) mass is 441 g/mol. The predicted molar refractivity (Wildman–Crippen MR) is 123 cm³/mol. The molecule has 32 heavy (non-hydrogen) atoms. The Bertz CT molecular complexity index is 1220. The van der Waals surface area contributed by atoms with Crippen molar-refractivity contribution in [3.8, 4) is 22.5 Å². The summed E-state index contributed by atoms with van der Waals surface area (Å²) in [5, 5.41) is 10.4. The van der Waals surface area contributed by atoms with E-state index in [2.05, 4.69) is 15.5 Å². The fourth-order valence-electron chi connectivity index (χ4n) is 3.14. The van der Waals surface area contributed by atoms with Crippen molar-refractivity contribution < 1.29 is 9.59 Å². The maximum atomic E-state index is 12.7. The van der Waals surface area contributed by atoms with Crippen LogP contribution in [0.3, 0.4) is 0 Å². The number of hydrogen-bond donors (Lipinski definition) is 2. The van der Waals surface area contributed by atoms with Crippen LogP contribution in [0.4, 0.5) is 4.79 Å². The molecule has 0 aliphatic carbocycles. The second kappa shape index (κ2) is 9.84. The van der Waals surface area contributed by atoms with Gasteiger partial charge in [0.25, 0.3) is 0 Å². The lowest BCUT2D eigenvalue weighted by Gasteiger charge is -2.15. The summed E-state index contributed by atoms with van der Waals surface area (Å²) in [6.45, 7) is 0. The van der Waals surface area contributed by atoms with Crippen LogP contribution in [0.2, 0.25) is 0 Å². The second-order valence-electron chi connectivity index (χ2n) is 6.79. The summed E-state index contributed by atoms with van der Waals surface area (Å²) in [5.41, 5.74) is 8.90. The van der Waals surface area contributed by atoms with Crippen LogP contribution in [0.25, 0.3) is 22.5 Å². The van der Waals surface area contributed by atoms with Gasteiger partial charge in [-0.2, -0.15) is 0 Å². The van der Waals surface area contributed by atoms with Crippen molar-refractivity contribution in [3.63, 3.8) is 0 Å². The Kier molecular flexibility index (Phi) is 6.52. The zero-order valence-corrected chi connectivity index (χ0v) is 17.7. The van der Waals surface area contributed by atoms with Gasteiger partial charge in [0.2, 0.25) is 11.1 Å². The molecule has 0 radical (unpaired) electrons. The first-order chi connectivity index (χ1) is 15.6. The van der Waals surface area contributed by atoms with Crippen molar-refractivity contribution in [3.05, 3.63) is 96.6 Å². The van der Waals surface area contributed by atoms with Crippen LogP contribution in [0.1, 0.15) is 10.8 Å². The van der Waals surface area contributed by atoms with Gasteiger partial charge in [0.05, 0.1) is 0 Å². The highest BCUT2D eigenvalue weighted by atomic mass is 32.2. The first-order valence-electron chi connectivity index (χ1n) is 9.79. The topological polar surface area (TPSA) is 111 Å². The number of urea groups is 1. The van der Waals surface area contributed by atoms with Crippen LogP contribution in [0, 0.1) is 0 Å². The Morgan fingerprint density at radius 1 is 0.750 bits per heavy atom. The van der Waals surface area contributed by atoms with E-state index in [0.717, 1.165) is 22.9 Å². The Morgan fingerprint density at radius 3 is 1.84 bits per heavy atom. The average Bonchev–Trinajstić information content (AvgIpc) is 2.83. The van der Waals surface area contributed by atoms with Crippen molar-refractivity contribution >= 4 is 23.7 Å². The second-order valence-corrected chi connectivity index (χ2v) is 7.86. The number of primary amides is 1. The Hall–Kier alpha value is -4.04. The lowest BCUT2D eigenvalue weighted by molar-refractivity contribution is -0.119. The number of benzene rings is 3. The summed E-state index contributed by atoms with van der Waals surface area (Å²) < 4.78 is 0. The van der Waals surface area contributed by atoms with Crippen LogP contribution in [-0.2, 0) is 4.79 Å². The van der Waals surface area contributed by atoms with E-state index in [1.807, 2.05) is 78.9 Å². The molecule has 4 aromatic rings. The van der Waals surface area contributed by atoms with E-state index in [1.54, 1.807) is 12.1 Å². The number of rotatable bonds is 6. The number of carbonyl (C=O) groups excluding carboxylic acids is 2. The molecule has 3 N–H and O–H groups in total. The van der Waals surface area contributed by atoms with Crippen LogP contribution < -0.4 is 11.1 Å². The van der Waals surface area contributed by atoms with Gasteiger partial charge >= 0.3 is 6.03 Å². The lowest BCUT2D eigenvalue weighted by Crippen LogP contribution is -2.37. The van der Waals surface area contributed by atoms with Gasteiger partial charge < -0.3 is 5.73 Å². The highest BCUT2D eigenvalue weighted by molar-refractivity contribution is 8.00. The van der Waals surface area contributed by atoms with E-state index in [-0.39, 0.29) is 0 Å². The minimum atomic E-state index is -0.917. The molecule has 0 spiro atoms. The molecule has 1 aromatic heterocycles. The smallest absolute Gasteiger partial charge is 0.318 e. The molecular formula is C24H19N5O2S. The minimum absolute atomic E-state index is 0.303. The number of nitrogens with one attached hydrogen (secondary N) is 1. The molecule has 3 aromatic carbocycles. The normalized spacial score (nSPS) is 11.5. The minimum Gasteiger partial charge on any atom is -0.351 e. The molecule has 0 aliphatic heterocycles. The third-order valence-electron chi connectivity index (χ3n) is 4.57. The van der Waals surface area contributed by atoms with Crippen molar-refractivity contribution in [1.29, 1.82) is 0 Å². The SMILES string of the molecule is NC(=O)NC(=O)[C@@H](Sc1nnc(-c2ccccc2)c(-c2ccccc2)n1)c1ccccc1. The molecule has 158 valence electrons. The molecule has 1 heterocycles. The van der Waals surface area contributed by atoms with Crippen molar-refractivity contribution in [2.75, 3.05) is 0 Å². The quantitative estimate of drug-likeness (QED) is 0.433. The molecule has 0 aliphatic rings. The summed E-state index contributed by atoms with van der Waals surface area (Å²) in [6.07, 6.45) is 0. The summed E-state index contributed by atoms with van der Waals surface area (Å²) in [5.74, 6) is -0.550. The van der Waals surface area contributed by atoms with Gasteiger partial charge in [-0.25, -0.2) is 9.78 Å². The van der Waals surface area contributed by atoms with E-state index < -0.39 is 17.2 Å². The van der Waals surface area contributed by atoms with Crippen LogP contribution in [0.15, 0.2) is 96.2 Å². The molecule has 0 saturated carbocycles. The van der Waals surface area contributed by atoms with Gasteiger partial charge in [0.15, 0.2) is 0 Å². The van der Waals surface area contributed by atoms with E-state index in [4.69, 9.17) is 10.7 Å². The summed E-state index contributed by atoms with van der Waals surface area (Å²) in [7, 11) is 0. The zero-order valence-electron chi connectivity index (χ0n) is 16.9. The molecule has 0 fully saturated rings. The third-order valence-corrected chi connectivity index (χ3v) is 5.68. The maximum Gasteiger partial charge on any atom is 0.318 e. The van der Waals surface area contributed by atoms with Gasteiger partial charge in [-0.1, -0.05) is 103 Å². The number of imide groups is 1. The Morgan fingerprint density at radius 2 is 1.28 bits per heavy atom. The zero-order chi connectivity index (χ0) is 22.3. The van der Waals surface area contributed by atoms with Crippen molar-refractivity contribution in [2.24, 2.45) is 5.73 Å². The molecule has 7 nitrogen and oxygen atoms in total. The summed E-state index contributed by atoms with van der Waals surface area (Å²) in [4.78, 5) is 28.7. The highest BCUT2D eigenvalue weighted by Gasteiger charge is 2.25. The molecule has 1 atom stereocenters. The van der Waals surface area contributed by atoms with Crippen molar-refractivity contribution in [2.45, 2.75) is 10.4 Å². The van der Waals surface area contributed by atoms with Gasteiger partial charge in [-0.3, -0.25) is 10.1 Å². The van der Waals surface area contributed by atoms with Crippen molar-refractivity contribution in [1.82, 2.24) is 20.5 Å². The average molecular weight is 442 g/mol. The highest BCUT2D eigenvalue weighted by Crippen LogP contribution is 2.36. The number of nitrogens with two attached hydrogens (primary N) is 1. The lowest BCUT2D eigenvalue weighted by atomic mass is 10.0. The van der Waals surface area contributed by atoms with Crippen LogP contribution >= 0.6 is 11.8 Å². The molecule has 0 bridgehead atoms. The maximum absolute atomic E-state index is 12.7. The first kappa shape index (κ1) is 21.2. The first-order valence-corrected chi connectivity index (χ1v) is 10.7.